The molecule has 0 fully saturated rings. The number of nitrogens with one attached hydrogen (secondary N) is 1. The van der Waals surface area contributed by atoms with Crippen LogP contribution in [-0.4, -0.2) is 21.6 Å². The molecule has 2 N–H and O–H groups in total. The summed E-state index contributed by atoms with van der Waals surface area (Å²) in [5.74, 6) is -1.07. The zero-order chi connectivity index (χ0) is 15.6. The first-order valence-corrected chi connectivity index (χ1v) is 7.52. The van der Waals surface area contributed by atoms with Crippen molar-refractivity contribution < 1.29 is 14.7 Å². The quantitative estimate of drug-likeness (QED) is 0.892. The summed E-state index contributed by atoms with van der Waals surface area (Å²) in [6.45, 7) is 7.12. The van der Waals surface area contributed by atoms with Crippen LogP contribution in [0.25, 0.3) is 0 Å². The van der Waals surface area contributed by atoms with Gasteiger partial charge in [0.05, 0.1) is 12.1 Å². The fraction of sp³-hybridized carbons (Fsp3) is 0.333. The van der Waals surface area contributed by atoms with Crippen molar-refractivity contribution in [3.63, 3.8) is 0 Å². The van der Waals surface area contributed by atoms with Gasteiger partial charge < -0.3 is 15.0 Å². The summed E-state index contributed by atoms with van der Waals surface area (Å²) >= 11 is 1.18. The SMILES string of the molecule is CCn1c(C)cc(C(=O)NCc2ccc(C(=O)O)s2)c1C. The predicted octanol–water partition coefficient (Wildman–Crippen LogP) is 2.81. The van der Waals surface area contributed by atoms with Crippen LogP contribution in [0.1, 0.15) is 43.2 Å². The Morgan fingerprint density at radius 1 is 1.33 bits per heavy atom. The fourth-order valence-electron chi connectivity index (χ4n) is 2.37. The number of carboxylic acid groups (broad SMARTS) is 1. The van der Waals surface area contributed by atoms with Crippen LogP contribution in [0.15, 0.2) is 18.2 Å². The second-order valence-corrected chi connectivity index (χ2v) is 5.95. The summed E-state index contributed by atoms with van der Waals surface area (Å²) in [6, 6.07) is 5.16. The topological polar surface area (TPSA) is 71.3 Å². The van der Waals surface area contributed by atoms with Gasteiger partial charge in [0.25, 0.3) is 5.91 Å². The fourth-order valence-corrected chi connectivity index (χ4v) is 3.15. The molecule has 0 spiro atoms. The van der Waals surface area contributed by atoms with E-state index in [9.17, 15) is 9.59 Å². The Morgan fingerprint density at radius 3 is 2.57 bits per heavy atom. The average molecular weight is 306 g/mol. The molecule has 0 unspecified atom stereocenters. The van der Waals surface area contributed by atoms with E-state index in [1.54, 1.807) is 12.1 Å². The Balaban J connectivity index is 2.06. The highest BCUT2D eigenvalue weighted by molar-refractivity contribution is 7.13. The molecule has 1 amide bonds. The number of hydrogen-bond donors (Lipinski definition) is 2. The maximum atomic E-state index is 12.2. The lowest BCUT2D eigenvalue weighted by atomic mass is 10.2. The Morgan fingerprint density at radius 2 is 2.05 bits per heavy atom. The molecule has 0 aliphatic carbocycles. The van der Waals surface area contributed by atoms with Gasteiger partial charge in [-0.15, -0.1) is 11.3 Å². The van der Waals surface area contributed by atoms with Crippen LogP contribution in [0, 0.1) is 13.8 Å². The third kappa shape index (κ3) is 3.16. The van der Waals surface area contributed by atoms with Crippen LogP contribution in [-0.2, 0) is 13.1 Å². The molecule has 0 saturated carbocycles. The number of carbonyl (C=O) groups is 2. The van der Waals surface area contributed by atoms with E-state index in [1.807, 2.05) is 26.8 Å². The third-order valence-electron chi connectivity index (χ3n) is 3.43. The summed E-state index contributed by atoms with van der Waals surface area (Å²) in [5.41, 5.74) is 2.68. The predicted molar refractivity (Wildman–Crippen MR) is 82.0 cm³/mol. The lowest BCUT2D eigenvalue weighted by Crippen LogP contribution is -2.22. The normalized spacial score (nSPS) is 10.6. The van der Waals surface area contributed by atoms with E-state index in [2.05, 4.69) is 9.88 Å². The minimum atomic E-state index is -0.941. The standard InChI is InChI=1S/C15H18N2O3S/c1-4-17-9(2)7-12(10(17)3)14(18)16-8-11-5-6-13(21-11)15(19)20/h5-7H,4,8H2,1-3H3,(H,16,18)(H,19,20). The second-order valence-electron chi connectivity index (χ2n) is 4.78. The molecule has 0 atom stereocenters. The summed E-state index contributed by atoms with van der Waals surface area (Å²) in [7, 11) is 0. The highest BCUT2D eigenvalue weighted by atomic mass is 32.1. The first kappa shape index (κ1) is 15.3. The van der Waals surface area contributed by atoms with Crippen LogP contribution in [0.3, 0.4) is 0 Å². The number of hydrogen-bond acceptors (Lipinski definition) is 3. The van der Waals surface area contributed by atoms with Gasteiger partial charge >= 0.3 is 5.97 Å². The number of carbonyl (C=O) groups excluding carboxylic acids is 1. The number of rotatable bonds is 5. The van der Waals surface area contributed by atoms with E-state index in [0.29, 0.717) is 12.1 Å². The van der Waals surface area contributed by atoms with E-state index in [4.69, 9.17) is 5.11 Å². The van der Waals surface area contributed by atoms with E-state index >= 15 is 0 Å². The van der Waals surface area contributed by atoms with Gasteiger partial charge in [-0.1, -0.05) is 0 Å². The van der Waals surface area contributed by atoms with E-state index < -0.39 is 5.97 Å². The Hall–Kier alpha value is -2.08. The van der Waals surface area contributed by atoms with Gasteiger partial charge in [0.1, 0.15) is 4.88 Å². The molecule has 0 aliphatic heterocycles. The molecule has 2 heterocycles. The van der Waals surface area contributed by atoms with E-state index in [0.717, 1.165) is 22.8 Å². The van der Waals surface area contributed by atoms with Gasteiger partial charge in [0.15, 0.2) is 0 Å². The summed E-state index contributed by atoms with van der Waals surface area (Å²) < 4.78 is 2.09. The Kier molecular flexibility index (Phi) is 4.47. The number of amides is 1. The molecular weight excluding hydrogens is 288 g/mol. The summed E-state index contributed by atoms with van der Waals surface area (Å²) in [5, 5.41) is 11.7. The molecule has 2 rings (SSSR count). The maximum absolute atomic E-state index is 12.2. The maximum Gasteiger partial charge on any atom is 0.345 e. The molecule has 0 bridgehead atoms. The lowest BCUT2D eigenvalue weighted by Gasteiger charge is -2.06. The number of aromatic nitrogens is 1. The van der Waals surface area contributed by atoms with Gasteiger partial charge in [0.2, 0.25) is 0 Å². The van der Waals surface area contributed by atoms with Crippen LogP contribution < -0.4 is 5.32 Å². The second kappa shape index (κ2) is 6.13. The minimum Gasteiger partial charge on any atom is -0.477 e. The van der Waals surface area contributed by atoms with E-state index in [1.165, 1.54) is 11.3 Å². The van der Waals surface area contributed by atoms with Gasteiger partial charge in [-0.3, -0.25) is 4.79 Å². The van der Waals surface area contributed by atoms with Crippen molar-refractivity contribution in [2.45, 2.75) is 33.9 Å². The van der Waals surface area contributed by atoms with Crippen molar-refractivity contribution in [3.8, 4) is 0 Å². The molecular formula is C15H18N2O3S. The third-order valence-corrected chi connectivity index (χ3v) is 4.50. The first-order chi connectivity index (χ1) is 9.93. The summed E-state index contributed by atoms with van der Waals surface area (Å²) in [4.78, 5) is 24.1. The average Bonchev–Trinajstić information content (AvgIpc) is 3.01. The molecule has 6 heteroatoms. The zero-order valence-corrected chi connectivity index (χ0v) is 13.1. The van der Waals surface area contributed by atoms with Crippen molar-refractivity contribution in [2.24, 2.45) is 0 Å². The number of aromatic carboxylic acids is 1. The van der Waals surface area contributed by atoms with Crippen LogP contribution in [0.5, 0.6) is 0 Å². The molecule has 2 aromatic rings. The molecule has 5 nitrogen and oxygen atoms in total. The van der Waals surface area contributed by atoms with Gasteiger partial charge in [0, 0.05) is 22.8 Å². The molecule has 0 radical (unpaired) electrons. The Labute approximate surface area is 127 Å². The van der Waals surface area contributed by atoms with Crippen molar-refractivity contribution in [3.05, 3.63) is 44.9 Å². The Bertz CT molecular complexity index is 685. The van der Waals surface area contributed by atoms with Crippen LogP contribution in [0.2, 0.25) is 0 Å². The molecule has 112 valence electrons. The van der Waals surface area contributed by atoms with E-state index in [-0.39, 0.29) is 10.8 Å². The molecule has 21 heavy (non-hydrogen) atoms. The number of aryl methyl sites for hydroxylation is 1. The van der Waals surface area contributed by atoms with Crippen LogP contribution in [0.4, 0.5) is 0 Å². The smallest absolute Gasteiger partial charge is 0.345 e. The van der Waals surface area contributed by atoms with Crippen molar-refractivity contribution in [1.82, 2.24) is 9.88 Å². The van der Waals surface area contributed by atoms with Gasteiger partial charge in [-0.25, -0.2) is 4.79 Å². The zero-order valence-electron chi connectivity index (χ0n) is 12.3. The molecule has 0 aliphatic rings. The van der Waals surface area contributed by atoms with Crippen molar-refractivity contribution in [1.29, 1.82) is 0 Å². The van der Waals surface area contributed by atoms with Gasteiger partial charge in [-0.2, -0.15) is 0 Å². The monoisotopic (exact) mass is 306 g/mol. The highest BCUT2D eigenvalue weighted by Gasteiger charge is 2.15. The van der Waals surface area contributed by atoms with Crippen LogP contribution >= 0.6 is 11.3 Å². The molecule has 0 saturated heterocycles. The first-order valence-electron chi connectivity index (χ1n) is 6.71. The number of thiophene rings is 1. The highest BCUT2D eigenvalue weighted by Crippen LogP contribution is 2.18. The molecule has 0 aromatic carbocycles. The largest absolute Gasteiger partial charge is 0.477 e. The lowest BCUT2D eigenvalue weighted by molar-refractivity contribution is 0.0702. The summed E-state index contributed by atoms with van der Waals surface area (Å²) in [6.07, 6.45) is 0. The van der Waals surface area contributed by atoms with Gasteiger partial charge in [-0.05, 0) is 39.0 Å². The van der Waals surface area contributed by atoms with Crippen molar-refractivity contribution in [2.75, 3.05) is 0 Å². The number of nitrogens with zero attached hydrogens (tertiary/aromatic N) is 1. The molecule has 2 aromatic heterocycles. The van der Waals surface area contributed by atoms with Crippen molar-refractivity contribution >= 4 is 23.2 Å². The number of carboxylic acids is 1. The minimum absolute atomic E-state index is 0.131.